The van der Waals surface area contributed by atoms with Crippen molar-refractivity contribution in [2.45, 2.75) is 65.5 Å². The van der Waals surface area contributed by atoms with Crippen LogP contribution in [-0.2, 0) is 0 Å². The topological polar surface area (TPSA) is 39.1 Å². The Kier molecular flexibility index (Phi) is 10.2. The number of nitrogens with zero attached hydrogens (tertiary/aromatic N) is 2. The summed E-state index contributed by atoms with van der Waals surface area (Å²) in [7, 11) is 0. The van der Waals surface area contributed by atoms with Crippen LogP contribution in [0.5, 0.6) is 0 Å². The van der Waals surface area contributed by atoms with E-state index in [1.807, 2.05) is 0 Å². The van der Waals surface area contributed by atoms with Crippen molar-refractivity contribution in [1.82, 2.24) is 10.2 Å². The molecule has 0 saturated carbocycles. The molecule has 0 rings (SSSR count). The first-order valence-corrected chi connectivity index (χ1v) is 7.02. The zero-order valence-corrected chi connectivity index (χ0v) is 12.0. The van der Waals surface area contributed by atoms with Gasteiger partial charge < -0.3 is 5.32 Å². The Balaban J connectivity index is 4.07. The van der Waals surface area contributed by atoms with Gasteiger partial charge in [0.25, 0.3) is 0 Å². The van der Waals surface area contributed by atoms with Crippen LogP contribution in [0.25, 0.3) is 0 Å². The van der Waals surface area contributed by atoms with Gasteiger partial charge in [0.15, 0.2) is 0 Å². The fourth-order valence-corrected chi connectivity index (χ4v) is 1.83. The monoisotopic (exact) mass is 239 g/mol. The minimum absolute atomic E-state index is 0.0287. The normalized spacial score (nSPS) is 13.0. The van der Waals surface area contributed by atoms with Crippen molar-refractivity contribution in [3.63, 3.8) is 0 Å². The third-order valence-corrected chi connectivity index (χ3v) is 2.99. The first-order valence-electron chi connectivity index (χ1n) is 7.02. The summed E-state index contributed by atoms with van der Waals surface area (Å²) in [5, 5.41) is 12.4. The summed E-state index contributed by atoms with van der Waals surface area (Å²) >= 11 is 0. The summed E-state index contributed by atoms with van der Waals surface area (Å²) in [4.78, 5) is 2.41. The fraction of sp³-hybridized carbons (Fsp3) is 0.929. The van der Waals surface area contributed by atoms with Crippen molar-refractivity contribution in [3.05, 3.63) is 0 Å². The molecule has 3 nitrogen and oxygen atoms in total. The minimum atomic E-state index is -0.0287. The number of rotatable bonds is 10. The molecule has 3 heteroatoms. The predicted octanol–water partition coefficient (Wildman–Crippen LogP) is 2.78. The van der Waals surface area contributed by atoms with Gasteiger partial charge in [-0.25, -0.2) is 0 Å². The maximum Gasteiger partial charge on any atom is 0.108 e. The molecule has 0 fully saturated rings. The van der Waals surface area contributed by atoms with E-state index in [1.165, 1.54) is 19.3 Å². The molecule has 0 saturated heterocycles. The van der Waals surface area contributed by atoms with Crippen molar-refractivity contribution in [2.24, 2.45) is 0 Å². The third kappa shape index (κ3) is 8.18. The lowest BCUT2D eigenvalue weighted by Gasteiger charge is -2.28. The van der Waals surface area contributed by atoms with Gasteiger partial charge in [-0.05, 0) is 39.8 Å². The molecule has 100 valence electrons. The molecule has 0 bridgehead atoms. The molecule has 17 heavy (non-hydrogen) atoms. The van der Waals surface area contributed by atoms with Gasteiger partial charge in [0.1, 0.15) is 6.04 Å². The molecule has 1 atom stereocenters. The summed E-state index contributed by atoms with van der Waals surface area (Å²) in [5.74, 6) is 0. The highest BCUT2D eigenvalue weighted by molar-refractivity contribution is 4.92. The highest BCUT2D eigenvalue weighted by Crippen LogP contribution is 2.04. The van der Waals surface area contributed by atoms with Crippen LogP contribution in [0.4, 0.5) is 0 Å². The van der Waals surface area contributed by atoms with Crippen LogP contribution >= 0.6 is 0 Å². The van der Waals surface area contributed by atoms with Crippen molar-refractivity contribution < 1.29 is 0 Å². The van der Waals surface area contributed by atoms with E-state index in [4.69, 9.17) is 5.26 Å². The number of unbranched alkanes of at least 4 members (excludes halogenated alkanes) is 2. The Labute approximate surface area is 107 Å². The van der Waals surface area contributed by atoms with E-state index in [0.29, 0.717) is 6.04 Å². The van der Waals surface area contributed by atoms with Crippen LogP contribution in [0.3, 0.4) is 0 Å². The molecule has 0 aliphatic rings. The lowest BCUT2D eigenvalue weighted by atomic mass is 10.2. The summed E-state index contributed by atoms with van der Waals surface area (Å²) in [6.45, 7) is 11.7. The van der Waals surface area contributed by atoms with Crippen molar-refractivity contribution >= 4 is 0 Å². The largest absolute Gasteiger partial charge is 0.301 e. The lowest BCUT2D eigenvalue weighted by Crippen LogP contribution is -2.43. The van der Waals surface area contributed by atoms with E-state index in [-0.39, 0.29) is 6.04 Å². The first kappa shape index (κ1) is 16.4. The molecule has 0 amide bonds. The molecule has 0 aliphatic heterocycles. The van der Waals surface area contributed by atoms with Crippen LogP contribution in [-0.4, -0.2) is 36.6 Å². The number of nitriles is 1. The number of hydrogen-bond donors (Lipinski definition) is 1. The molecular formula is C14H29N3. The first-order chi connectivity index (χ1) is 8.15. The number of hydrogen-bond acceptors (Lipinski definition) is 3. The van der Waals surface area contributed by atoms with Gasteiger partial charge in [0, 0.05) is 12.6 Å². The molecule has 0 aromatic rings. The Hall–Kier alpha value is -0.590. The maximum absolute atomic E-state index is 9.12. The van der Waals surface area contributed by atoms with E-state index in [2.05, 4.69) is 44.0 Å². The standard InChI is InChI=1S/C14H29N3/c1-5-7-8-10-17(13(3)4)12-14(11-15)16-9-6-2/h13-14,16H,5-10,12H2,1-4H3. The molecule has 0 heterocycles. The number of nitrogens with one attached hydrogen (secondary N) is 1. The van der Waals surface area contributed by atoms with Crippen LogP contribution in [0, 0.1) is 11.3 Å². The SMILES string of the molecule is CCCCCN(CC(C#N)NCCC)C(C)C. The Morgan fingerprint density at radius 3 is 2.35 bits per heavy atom. The smallest absolute Gasteiger partial charge is 0.108 e. The molecule has 0 aromatic heterocycles. The van der Waals surface area contributed by atoms with E-state index >= 15 is 0 Å². The van der Waals surface area contributed by atoms with Gasteiger partial charge >= 0.3 is 0 Å². The summed E-state index contributed by atoms with van der Waals surface area (Å²) in [6, 6.07) is 2.85. The zero-order chi connectivity index (χ0) is 13.1. The fourth-order valence-electron chi connectivity index (χ4n) is 1.83. The van der Waals surface area contributed by atoms with Gasteiger partial charge in [0.05, 0.1) is 6.07 Å². The summed E-state index contributed by atoms with van der Waals surface area (Å²) in [5.41, 5.74) is 0. The van der Waals surface area contributed by atoms with Crippen molar-refractivity contribution in [2.75, 3.05) is 19.6 Å². The third-order valence-electron chi connectivity index (χ3n) is 2.99. The maximum atomic E-state index is 9.12. The highest BCUT2D eigenvalue weighted by atomic mass is 15.2. The van der Waals surface area contributed by atoms with Crippen molar-refractivity contribution in [1.29, 1.82) is 5.26 Å². The predicted molar refractivity (Wildman–Crippen MR) is 73.9 cm³/mol. The average Bonchev–Trinajstić information content (AvgIpc) is 2.32. The Morgan fingerprint density at radius 2 is 1.88 bits per heavy atom. The second kappa shape index (κ2) is 10.6. The molecule has 0 aromatic carbocycles. The van der Waals surface area contributed by atoms with Gasteiger partial charge in [-0.3, -0.25) is 4.90 Å². The van der Waals surface area contributed by atoms with Gasteiger partial charge in [-0.2, -0.15) is 5.26 Å². The molecule has 0 aliphatic carbocycles. The van der Waals surface area contributed by atoms with Crippen LogP contribution in [0.2, 0.25) is 0 Å². The van der Waals surface area contributed by atoms with Gasteiger partial charge in [0.2, 0.25) is 0 Å². The second-order valence-corrected chi connectivity index (χ2v) is 4.93. The van der Waals surface area contributed by atoms with E-state index in [9.17, 15) is 0 Å². The molecule has 1 N–H and O–H groups in total. The van der Waals surface area contributed by atoms with Crippen LogP contribution in [0.1, 0.15) is 53.4 Å². The van der Waals surface area contributed by atoms with E-state index in [1.54, 1.807) is 0 Å². The van der Waals surface area contributed by atoms with E-state index < -0.39 is 0 Å². The summed E-state index contributed by atoms with van der Waals surface area (Å²) in [6.07, 6.45) is 4.85. The van der Waals surface area contributed by atoms with Crippen LogP contribution < -0.4 is 5.32 Å². The van der Waals surface area contributed by atoms with Gasteiger partial charge in [-0.1, -0.05) is 26.7 Å². The molecule has 0 spiro atoms. The van der Waals surface area contributed by atoms with Crippen molar-refractivity contribution in [3.8, 4) is 6.07 Å². The zero-order valence-electron chi connectivity index (χ0n) is 12.0. The molecule has 1 unspecified atom stereocenters. The quantitative estimate of drug-likeness (QED) is 0.596. The highest BCUT2D eigenvalue weighted by Gasteiger charge is 2.15. The molecule has 0 radical (unpaired) electrons. The van der Waals surface area contributed by atoms with Crippen LogP contribution in [0.15, 0.2) is 0 Å². The average molecular weight is 239 g/mol. The second-order valence-electron chi connectivity index (χ2n) is 4.93. The Bertz CT molecular complexity index is 208. The summed E-state index contributed by atoms with van der Waals surface area (Å²) < 4.78 is 0. The van der Waals surface area contributed by atoms with E-state index in [0.717, 1.165) is 26.1 Å². The van der Waals surface area contributed by atoms with Gasteiger partial charge in [-0.15, -0.1) is 0 Å². The Morgan fingerprint density at radius 1 is 1.18 bits per heavy atom. The lowest BCUT2D eigenvalue weighted by molar-refractivity contribution is 0.205. The minimum Gasteiger partial charge on any atom is -0.301 e. The molecular weight excluding hydrogens is 210 g/mol.